The van der Waals surface area contributed by atoms with E-state index in [1.54, 1.807) is 40.7 Å². The number of ether oxygens (including phenoxy) is 2. The van der Waals surface area contributed by atoms with Gasteiger partial charge in [-0.1, -0.05) is 103 Å². The molecular formula is C39H43N3O5S. The van der Waals surface area contributed by atoms with Gasteiger partial charge in [0.2, 0.25) is 0 Å². The van der Waals surface area contributed by atoms with Crippen LogP contribution < -0.4 is 0 Å². The Labute approximate surface area is 287 Å². The molecule has 9 heteroatoms. The third-order valence-corrected chi connectivity index (χ3v) is 9.29. The summed E-state index contributed by atoms with van der Waals surface area (Å²) in [6.07, 6.45) is 1.85. The Morgan fingerprint density at radius 1 is 0.896 bits per heavy atom. The molecule has 5 rings (SSSR count). The fourth-order valence-corrected chi connectivity index (χ4v) is 7.27. The lowest BCUT2D eigenvalue weighted by Gasteiger charge is -2.49. The van der Waals surface area contributed by atoms with Crippen molar-refractivity contribution >= 4 is 35.0 Å². The number of benzene rings is 3. The van der Waals surface area contributed by atoms with Crippen LogP contribution in [0.1, 0.15) is 69.1 Å². The van der Waals surface area contributed by atoms with Gasteiger partial charge in [-0.3, -0.25) is 14.5 Å². The van der Waals surface area contributed by atoms with E-state index in [9.17, 15) is 14.4 Å². The molecule has 0 saturated carbocycles. The van der Waals surface area contributed by atoms with Crippen LogP contribution in [0.4, 0.5) is 4.79 Å². The number of rotatable bonds is 9. The molecule has 1 aliphatic rings. The zero-order valence-electron chi connectivity index (χ0n) is 28.2. The second-order valence-electron chi connectivity index (χ2n) is 12.8. The Bertz CT molecular complexity index is 1650. The largest absolute Gasteiger partial charge is 0.466 e. The fraction of sp³-hybridized carbons (Fsp3) is 0.333. The van der Waals surface area contributed by atoms with Crippen molar-refractivity contribution < 1.29 is 23.9 Å². The van der Waals surface area contributed by atoms with Crippen LogP contribution in [0.5, 0.6) is 0 Å². The molecule has 2 heterocycles. The first-order chi connectivity index (χ1) is 23.0. The van der Waals surface area contributed by atoms with Crippen LogP contribution in [0.2, 0.25) is 0 Å². The Morgan fingerprint density at radius 2 is 1.44 bits per heavy atom. The number of hydrogen-bond donors (Lipinski definition) is 0. The number of nitrogens with zero attached hydrogens (tertiary/aromatic N) is 3. The van der Waals surface area contributed by atoms with E-state index in [1.165, 1.54) is 11.8 Å². The average Bonchev–Trinajstić information content (AvgIpc) is 3.45. The molecule has 0 N–H and O–H groups in total. The van der Waals surface area contributed by atoms with Crippen LogP contribution in [0, 0.1) is 0 Å². The number of piperidine rings is 1. The van der Waals surface area contributed by atoms with E-state index in [0.717, 1.165) is 33.5 Å². The third-order valence-electron chi connectivity index (χ3n) is 8.14. The average molecular weight is 666 g/mol. The van der Waals surface area contributed by atoms with E-state index in [2.05, 4.69) is 82.8 Å². The normalized spacial score (nSPS) is 16.4. The molecule has 1 aromatic heterocycles. The molecule has 1 saturated heterocycles. The second kappa shape index (κ2) is 15.2. The number of esters is 1. The molecule has 0 aliphatic carbocycles. The van der Waals surface area contributed by atoms with Gasteiger partial charge in [-0.15, -0.1) is 0 Å². The van der Waals surface area contributed by atoms with E-state index in [0.29, 0.717) is 24.4 Å². The topological polar surface area (TPSA) is 90.7 Å². The van der Waals surface area contributed by atoms with Gasteiger partial charge in [-0.05, 0) is 68.5 Å². The van der Waals surface area contributed by atoms with E-state index >= 15 is 0 Å². The molecule has 1 aliphatic heterocycles. The zero-order chi connectivity index (χ0) is 34.3. The van der Waals surface area contributed by atoms with Crippen molar-refractivity contribution in [3.8, 4) is 0 Å². The highest BCUT2D eigenvalue weighted by Gasteiger charge is 2.44. The molecule has 250 valence electrons. The molecule has 1 atom stereocenters. The highest BCUT2D eigenvalue weighted by molar-refractivity contribution is 8.14. The summed E-state index contributed by atoms with van der Waals surface area (Å²) >= 11 is 1.31. The summed E-state index contributed by atoms with van der Waals surface area (Å²) in [5.74, 6) is -0.464. The fourth-order valence-electron chi connectivity index (χ4n) is 6.36. The highest BCUT2D eigenvalue weighted by Crippen LogP contribution is 2.45. The Hall–Kier alpha value is -4.47. The molecule has 0 bridgehead atoms. The van der Waals surface area contributed by atoms with E-state index in [1.807, 2.05) is 24.3 Å². The minimum absolute atomic E-state index is 0.0297. The SMILES string of the molecule is CCOC(=O)Cc1cc(/C=C2\CN(C(c3ccccc3)(c3ccccc3)c3ccccc3)CCC2SC(C)=O)nn1C(=O)OC(C)(C)C. The Kier molecular flexibility index (Phi) is 11.0. The maximum Gasteiger partial charge on any atom is 0.435 e. The van der Waals surface area contributed by atoms with Crippen molar-refractivity contribution in [2.24, 2.45) is 0 Å². The van der Waals surface area contributed by atoms with Gasteiger partial charge in [0.15, 0.2) is 5.12 Å². The maximum absolute atomic E-state index is 13.2. The summed E-state index contributed by atoms with van der Waals surface area (Å²) in [7, 11) is 0. The minimum Gasteiger partial charge on any atom is -0.466 e. The van der Waals surface area contributed by atoms with E-state index < -0.39 is 23.2 Å². The first-order valence-electron chi connectivity index (χ1n) is 16.3. The first kappa shape index (κ1) is 34.9. The van der Waals surface area contributed by atoms with Crippen molar-refractivity contribution in [2.45, 2.75) is 63.9 Å². The van der Waals surface area contributed by atoms with Gasteiger partial charge in [0.1, 0.15) is 5.60 Å². The lowest BCUT2D eigenvalue weighted by Crippen LogP contribution is -2.52. The number of likely N-dealkylation sites (tertiary alicyclic amines) is 1. The van der Waals surface area contributed by atoms with Crippen LogP contribution in [-0.2, 0) is 31.0 Å². The molecule has 4 aromatic rings. The molecule has 3 aromatic carbocycles. The Balaban J connectivity index is 1.65. The van der Waals surface area contributed by atoms with Crippen LogP contribution in [-0.4, -0.2) is 62.4 Å². The maximum atomic E-state index is 13.2. The number of hydrogen-bond acceptors (Lipinski definition) is 8. The number of thioether (sulfide) groups is 1. The van der Waals surface area contributed by atoms with Crippen LogP contribution in [0.15, 0.2) is 103 Å². The van der Waals surface area contributed by atoms with E-state index in [4.69, 9.17) is 9.47 Å². The lowest BCUT2D eigenvalue weighted by molar-refractivity contribution is -0.142. The third kappa shape index (κ3) is 7.97. The molecule has 0 spiro atoms. The lowest BCUT2D eigenvalue weighted by atomic mass is 9.74. The van der Waals surface area contributed by atoms with Crippen molar-refractivity contribution in [1.29, 1.82) is 0 Å². The van der Waals surface area contributed by atoms with Gasteiger partial charge in [0.25, 0.3) is 0 Å². The van der Waals surface area contributed by atoms with E-state index in [-0.39, 0.29) is 23.4 Å². The summed E-state index contributed by atoms with van der Waals surface area (Å²) < 4.78 is 12.0. The first-order valence-corrected chi connectivity index (χ1v) is 17.2. The van der Waals surface area contributed by atoms with Gasteiger partial charge in [-0.2, -0.15) is 9.78 Å². The van der Waals surface area contributed by atoms with Gasteiger partial charge in [0.05, 0.1) is 30.0 Å². The summed E-state index contributed by atoms with van der Waals surface area (Å²) in [6.45, 7) is 10.1. The van der Waals surface area contributed by atoms with Crippen molar-refractivity contribution in [3.05, 3.63) is 131 Å². The number of aromatic nitrogens is 2. The second-order valence-corrected chi connectivity index (χ2v) is 14.2. The molecule has 48 heavy (non-hydrogen) atoms. The molecule has 0 amide bonds. The van der Waals surface area contributed by atoms with Crippen LogP contribution in [0.3, 0.4) is 0 Å². The predicted molar refractivity (Wildman–Crippen MR) is 190 cm³/mol. The minimum atomic E-state index is -0.758. The summed E-state index contributed by atoms with van der Waals surface area (Å²) in [6, 6.07) is 33.2. The summed E-state index contributed by atoms with van der Waals surface area (Å²) in [5.41, 5.74) is 3.85. The molecule has 1 unspecified atom stereocenters. The van der Waals surface area contributed by atoms with Crippen LogP contribution >= 0.6 is 11.8 Å². The Morgan fingerprint density at radius 3 is 1.92 bits per heavy atom. The summed E-state index contributed by atoms with van der Waals surface area (Å²) in [5, 5.41) is 4.55. The predicted octanol–water partition coefficient (Wildman–Crippen LogP) is 7.50. The van der Waals surface area contributed by atoms with Gasteiger partial charge in [-0.25, -0.2) is 4.79 Å². The molecule has 1 fully saturated rings. The molecule has 0 radical (unpaired) electrons. The zero-order valence-corrected chi connectivity index (χ0v) is 29.0. The quantitative estimate of drug-likeness (QED) is 0.134. The monoisotopic (exact) mass is 665 g/mol. The van der Waals surface area contributed by atoms with Crippen molar-refractivity contribution in [2.75, 3.05) is 19.7 Å². The van der Waals surface area contributed by atoms with Gasteiger partial charge >= 0.3 is 12.1 Å². The molecular weight excluding hydrogens is 623 g/mol. The standard InChI is InChI=1S/C39H43N3O5S/c1-6-46-36(44)26-34-25-33(40-42(34)37(45)47-38(3,4)5)24-29-27-41(23-22-35(29)48-28(2)43)39(30-16-10-7-11-17-30,31-18-12-8-13-19-31)32-20-14-9-15-21-32/h7-21,24-25,35H,6,22-23,26-27H2,1-5H3/b29-24+. The summed E-state index contributed by atoms with van der Waals surface area (Å²) in [4.78, 5) is 40.7. The highest BCUT2D eigenvalue weighted by atomic mass is 32.2. The smallest absolute Gasteiger partial charge is 0.435 e. The number of carbonyl (C=O) groups is 3. The van der Waals surface area contributed by atoms with Gasteiger partial charge < -0.3 is 9.47 Å². The van der Waals surface area contributed by atoms with Crippen molar-refractivity contribution in [1.82, 2.24) is 14.7 Å². The van der Waals surface area contributed by atoms with Crippen LogP contribution in [0.25, 0.3) is 6.08 Å². The number of carbonyl (C=O) groups excluding carboxylic acids is 3. The van der Waals surface area contributed by atoms with Crippen molar-refractivity contribution in [3.63, 3.8) is 0 Å². The molecule has 8 nitrogen and oxygen atoms in total. The van der Waals surface area contributed by atoms with Gasteiger partial charge in [0, 0.05) is 25.3 Å².